The van der Waals surface area contributed by atoms with E-state index in [-0.39, 0.29) is 6.54 Å². The first-order chi connectivity index (χ1) is 5.11. The highest BCUT2D eigenvalue weighted by molar-refractivity contribution is 7.95. The molecule has 0 fully saturated rings. The fourth-order valence-electron chi connectivity index (χ4n) is 0.607. The zero-order valence-corrected chi connectivity index (χ0v) is 7.39. The molecule has 0 aliphatic carbocycles. The molecule has 0 saturated carbocycles. The Morgan fingerprint density at radius 3 is 2.55 bits per heavy atom. The summed E-state index contributed by atoms with van der Waals surface area (Å²) in [6.45, 7) is 3.09. The molecule has 0 N–H and O–H groups in total. The molecular formula is C6H11NO3S. The van der Waals surface area contributed by atoms with Gasteiger partial charge in [-0.15, -0.1) is 0 Å². The van der Waals surface area contributed by atoms with Crippen LogP contribution in [0.25, 0.3) is 0 Å². The lowest BCUT2D eigenvalue weighted by Gasteiger charge is -2.07. The fourth-order valence-corrected chi connectivity index (χ4v) is 1.49. The Hall–Kier alpha value is -0.550. The highest BCUT2D eigenvalue weighted by atomic mass is 32.2. The molecule has 0 radical (unpaired) electrons. The van der Waals surface area contributed by atoms with Gasteiger partial charge in [0.05, 0.1) is 0 Å². The van der Waals surface area contributed by atoms with Gasteiger partial charge in [-0.25, -0.2) is 0 Å². The summed E-state index contributed by atoms with van der Waals surface area (Å²) < 4.78 is 11.0. The van der Waals surface area contributed by atoms with E-state index in [1.54, 1.807) is 19.9 Å². The monoisotopic (exact) mass is 177 g/mol. The first kappa shape index (κ1) is 10.4. The summed E-state index contributed by atoms with van der Waals surface area (Å²) >= 11 is -1.17. The normalized spacial score (nSPS) is 14.6. The van der Waals surface area contributed by atoms with Crippen molar-refractivity contribution in [3.63, 3.8) is 0 Å². The van der Waals surface area contributed by atoms with Crippen molar-refractivity contribution in [3.05, 3.63) is 21.1 Å². The molecule has 0 amide bonds. The van der Waals surface area contributed by atoms with Crippen molar-refractivity contribution in [2.45, 2.75) is 13.8 Å². The topological polar surface area (TPSA) is 66.2 Å². The van der Waals surface area contributed by atoms with Gasteiger partial charge >= 0.3 is 0 Å². The molecule has 64 valence electrons. The van der Waals surface area contributed by atoms with E-state index in [0.29, 0.717) is 10.7 Å². The summed E-state index contributed by atoms with van der Waals surface area (Å²) in [7, 11) is 0. The Kier molecular flexibility index (Phi) is 4.89. The van der Waals surface area contributed by atoms with Crippen LogP contribution in [-0.4, -0.2) is 21.8 Å². The molecule has 0 aliphatic heterocycles. The van der Waals surface area contributed by atoms with E-state index < -0.39 is 16.1 Å². The maximum Gasteiger partial charge on any atom is 0.271 e. The van der Waals surface area contributed by atoms with Crippen molar-refractivity contribution < 1.29 is 9.48 Å². The minimum atomic E-state index is -1.17. The van der Waals surface area contributed by atoms with Crippen LogP contribution >= 0.6 is 0 Å². The minimum absolute atomic E-state index is 0.309. The second kappa shape index (κ2) is 5.15. The molecule has 11 heavy (non-hydrogen) atoms. The first-order valence-corrected chi connectivity index (χ1v) is 4.59. The third-order valence-electron chi connectivity index (χ3n) is 1.16. The molecule has 0 aromatic heterocycles. The van der Waals surface area contributed by atoms with Crippen LogP contribution in [0, 0.1) is 10.1 Å². The average Bonchev–Trinajstić information content (AvgIpc) is 1.98. The number of nitrogens with zero attached hydrogens (tertiary/aromatic N) is 1. The van der Waals surface area contributed by atoms with Crippen LogP contribution in [0.3, 0.4) is 0 Å². The lowest BCUT2D eigenvalue weighted by molar-refractivity contribution is -0.469. The summed E-state index contributed by atoms with van der Waals surface area (Å²) in [6.07, 6.45) is 1.54. The zero-order valence-electron chi connectivity index (χ0n) is 6.57. The zero-order chi connectivity index (χ0) is 8.85. The van der Waals surface area contributed by atoms with Crippen LogP contribution in [0.15, 0.2) is 11.0 Å². The van der Waals surface area contributed by atoms with E-state index >= 15 is 0 Å². The van der Waals surface area contributed by atoms with Crippen LogP contribution < -0.4 is 0 Å². The third-order valence-corrected chi connectivity index (χ3v) is 2.64. The number of nitro groups is 1. The Bertz CT molecular complexity index is 169. The molecule has 1 atom stereocenters. The Balaban J connectivity index is 4.08. The standard InChI is InChI=1S/C6H11NO3S/c1-3-6(5-7(8)9)11(10)4-2/h3H,4-5H2,1-2H3. The first-order valence-electron chi connectivity index (χ1n) is 3.27. The van der Waals surface area contributed by atoms with Gasteiger partial charge in [0.15, 0.2) is 4.91 Å². The summed E-state index contributed by atoms with van der Waals surface area (Å²) in [5.74, 6) is 0.438. The Morgan fingerprint density at radius 1 is 1.73 bits per heavy atom. The number of hydrogen-bond acceptors (Lipinski definition) is 3. The van der Waals surface area contributed by atoms with Gasteiger partial charge < -0.3 is 4.55 Å². The highest BCUT2D eigenvalue weighted by Crippen LogP contribution is 2.06. The SMILES string of the molecule is CC=C(C[N+](=O)[O-])[S+]([O-])CC. The van der Waals surface area contributed by atoms with Gasteiger partial charge in [-0.05, 0) is 31.1 Å². The van der Waals surface area contributed by atoms with Crippen LogP contribution in [0.1, 0.15) is 13.8 Å². The van der Waals surface area contributed by atoms with Gasteiger partial charge in [-0.3, -0.25) is 10.1 Å². The average molecular weight is 177 g/mol. The third kappa shape index (κ3) is 4.00. The van der Waals surface area contributed by atoms with Gasteiger partial charge in [-0.1, -0.05) is 0 Å². The molecule has 4 nitrogen and oxygen atoms in total. The smallest absolute Gasteiger partial charge is 0.271 e. The van der Waals surface area contributed by atoms with Crippen molar-refractivity contribution in [2.75, 3.05) is 12.3 Å². The Morgan fingerprint density at radius 2 is 2.27 bits per heavy atom. The molecule has 0 aromatic rings. The van der Waals surface area contributed by atoms with Gasteiger partial charge in [0.2, 0.25) is 0 Å². The summed E-state index contributed by atoms with van der Waals surface area (Å²) in [6, 6.07) is 0. The van der Waals surface area contributed by atoms with E-state index in [1.165, 1.54) is 0 Å². The Labute approximate surface area is 68.6 Å². The molecule has 0 bridgehead atoms. The predicted octanol–water partition coefficient (Wildman–Crippen LogP) is 0.935. The van der Waals surface area contributed by atoms with E-state index in [2.05, 4.69) is 0 Å². The molecule has 0 rings (SSSR count). The summed E-state index contributed by atoms with van der Waals surface area (Å²) in [5.41, 5.74) is 0. The maximum atomic E-state index is 11.0. The van der Waals surface area contributed by atoms with E-state index in [4.69, 9.17) is 0 Å². The molecule has 0 aromatic carbocycles. The lowest BCUT2D eigenvalue weighted by Crippen LogP contribution is -2.14. The maximum absolute atomic E-state index is 11.0. The molecule has 0 saturated heterocycles. The summed E-state index contributed by atoms with van der Waals surface area (Å²) in [4.78, 5) is 9.95. The molecule has 1 unspecified atom stereocenters. The van der Waals surface area contributed by atoms with E-state index in [0.717, 1.165) is 0 Å². The molecule has 0 aliphatic rings. The van der Waals surface area contributed by atoms with E-state index in [9.17, 15) is 14.7 Å². The molecule has 0 heterocycles. The second-order valence-corrected chi connectivity index (χ2v) is 3.67. The quantitative estimate of drug-likeness (QED) is 0.364. The highest BCUT2D eigenvalue weighted by Gasteiger charge is 2.16. The number of allylic oxidation sites excluding steroid dienone is 1. The van der Waals surface area contributed by atoms with Crippen LogP contribution in [0.4, 0.5) is 0 Å². The van der Waals surface area contributed by atoms with Crippen molar-refractivity contribution in [1.29, 1.82) is 0 Å². The van der Waals surface area contributed by atoms with Crippen molar-refractivity contribution in [2.24, 2.45) is 0 Å². The fraction of sp³-hybridized carbons (Fsp3) is 0.667. The van der Waals surface area contributed by atoms with Crippen molar-refractivity contribution in [3.8, 4) is 0 Å². The van der Waals surface area contributed by atoms with Crippen LogP contribution in [-0.2, 0) is 11.2 Å². The largest absolute Gasteiger partial charge is 0.612 e. The summed E-state index contributed by atoms with van der Waals surface area (Å²) in [5, 5.41) is 10.0. The molecule has 5 heteroatoms. The van der Waals surface area contributed by atoms with Crippen LogP contribution in [0.5, 0.6) is 0 Å². The van der Waals surface area contributed by atoms with Crippen molar-refractivity contribution >= 4 is 11.2 Å². The van der Waals surface area contributed by atoms with Gasteiger partial charge in [-0.2, -0.15) is 0 Å². The van der Waals surface area contributed by atoms with Gasteiger partial charge in [0.25, 0.3) is 6.54 Å². The lowest BCUT2D eigenvalue weighted by atomic mass is 10.5. The molecule has 0 spiro atoms. The number of rotatable bonds is 4. The van der Waals surface area contributed by atoms with Gasteiger partial charge in [0.1, 0.15) is 5.75 Å². The predicted molar refractivity (Wildman–Crippen MR) is 44.3 cm³/mol. The van der Waals surface area contributed by atoms with Crippen molar-refractivity contribution in [1.82, 2.24) is 0 Å². The number of hydrogen-bond donors (Lipinski definition) is 0. The van der Waals surface area contributed by atoms with E-state index in [1.807, 2.05) is 0 Å². The van der Waals surface area contributed by atoms with Gasteiger partial charge in [0, 0.05) is 4.92 Å². The second-order valence-electron chi connectivity index (χ2n) is 1.88. The van der Waals surface area contributed by atoms with Crippen LogP contribution in [0.2, 0.25) is 0 Å². The minimum Gasteiger partial charge on any atom is -0.612 e. The molecular weight excluding hydrogens is 166 g/mol.